The van der Waals surface area contributed by atoms with E-state index in [1.807, 2.05) is 0 Å². The second-order valence-electron chi connectivity index (χ2n) is 1.33. The van der Waals surface area contributed by atoms with Crippen LogP contribution in [-0.4, -0.2) is 17.0 Å². The molecule has 0 fully saturated rings. The van der Waals surface area contributed by atoms with Crippen molar-refractivity contribution in [2.24, 2.45) is 0 Å². The molecule has 0 aliphatic rings. The van der Waals surface area contributed by atoms with Gasteiger partial charge < -0.3 is 5.11 Å². The molecule has 0 rings (SSSR count). The van der Waals surface area contributed by atoms with Crippen molar-refractivity contribution in [1.29, 1.82) is 0 Å². The van der Waals surface area contributed by atoms with Crippen LogP contribution in [-0.2, 0) is 4.79 Å². The molecule has 0 saturated carbocycles. The van der Waals surface area contributed by atoms with E-state index in [-0.39, 0.29) is 5.03 Å². The summed E-state index contributed by atoms with van der Waals surface area (Å²) < 4.78 is 0. The fraction of sp³-hybridized carbons (Fsp3) is 0.400. The zero-order chi connectivity index (χ0) is 7.28. The molecule has 0 aliphatic carbocycles. The molecule has 0 unspecified atom stereocenters. The van der Waals surface area contributed by atoms with E-state index in [9.17, 15) is 4.79 Å². The minimum Gasteiger partial charge on any atom is -0.477 e. The number of alkyl halides is 1. The van der Waals surface area contributed by atoms with Gasteiger partial charge in [0.05, 0.1) is 0 Å². The normalized spacial score (nSPS) is 11.6. The summed E-state index contributed by atoms with van der Waals surface area (Å²) in [5.74, 6) is -0.717. The Kier molecular flexibility index (Phi) is 4.54. The van der Waals surface area contributed by atoms with Crippen LogP contribution in [0.2, 0.25) is 0 Å². The first-order valence-electron chi connectivity index (χ1n) is 2.33. The molecule has 0 bridgehead atoms. The van der Waals surface area contributed by atoms with Crippen molar-refractivity contribution < 1.29 is 9.90 Å². The van der Waals surface area contributed by atoms with E-state index in [1.165, 1.54) is 6.08 Å². The van der Waals surface area contributed by atoms with Gasteiger partial charge >= 0.3 is 5.97 Å². The average Bonchev–Trinajstić information content (AvgIpc) is 1.82. The van der Waals surface area contributed by atoms with Gasteiger partial charge in [-0.1, -0.05) is 17.7 Å². The van der Waals surface area contributed by atoms with Gasteiger partial charge in [0, 0.05) is 5.88 Å². The Balaban J connectivity index is 3.69. The van der Waals surface area contributed by atoms with Gasteiger partial charge in [0.1, 0.15) is 5.03 Å². The third-order valence-electron chi connectivity index (χ3n) is 0.637. The molecule has 0 aliphatic heterocycles. The van der Waals surface area contributed by atoms with E-state index >= 15 is 0 Å². The zero-order valence-corrected chi connectivity index (χ0v) is 6.11. The summed E-state index contributed by atoms with van der Waals surface area (Å²) in [6, 6.07) is 0. The zero-order valence-electron chi connectivity index (χ0n) is 4.60. The van der Waals surface area contributed by atoms with Gasteiger partial charge in [0.25, 0.3) is 0 Å². The summed E-state index contributed by atoms with van der Waals surface area (Å²) in [7, 11) is 0. The second kappa shape index (κ2) is 4.65. The first-order chi connectivity index (χ1) is 4.18. The summed E-state index contributed by atoms with van der Waals surface area (Å²) in [5, 5.41) is 7.99. The van der Waals surface area contributed by atoms with Crippen LogP contribution < -0.4 is 0 Å². The maximum Gasteiger partial charge on any atom is 0.346 e. The molecule has 0 heterocycles. The van der Waals surface area contributed by atoms with Gasteiger partial charge in [-0.15, -0.1) is 11.6 Å². The molecule has 0 aromatic carbocycles. The van der Waals surface area contributed by atoms with Crippen molar-refractivity contribution in [2.75, 3.05) is 5.88 Å². The van der Waals surface area contributed by atoms with Crippen LogP contribution >= 0.6 is 23.2 Å². The second-order valence-corrected chi connectivity index (χ2v) is 2.12. The van der Waals surface area contributed by atoms with E-state index in [4.69, 9.17) is 28.3 Å². The summed E-state index contributed by atoms with van der Waals surface area (Å²) >= 11 is 10.5. The first kappa shape index (κ1) is 8.79. The van der Waals surface area contributed by atoms with E-state index in [2.05, 4.69) is 0 Å². The minimum absolute atomic E-state index is 0.171. The molecule has 0 amide bonds. The van der Waals surface area contributed by atoms with Crippen molar-refractivity contribution >= 4 is 29.2 Å². The Hall–Kier alpha value is -0.210. The molecule has 0 saturated heterocycles. The Morgan fingerprint density at radius 3 is 2.56 bits per heavy atom. The Labute approximate surface area is 63.1 Å². The molecule has 2 nitrogen and oxygen atoms in total. The molecule has 4 heteroatoms. The Bertz CT molecular complexity index is 131. The van der Waals surface area contributed by atoms with Crippen LogP contribution in [0, 0.1) is 0 Å². The highest BCUT2D eigenvalue weighted by Crippen LogP contribution is 2.02. The maximum absolute atomic E-state index is 9.96. The lowest BCUT2D eigenvalue weighted by atomic mass is 10.4. The SMILES string of the molecule is O=C(O)C(Cl)=CCCCl. The number of allylic oxidation sites excluding steroid dienone is 1. The molecule has 9 heavy (non-hydrogen) atoms. The number of rotatable bonds is 3. The number of halogens is 2. The summed E-state index contributed by atoms with van der Waals surface area (Å²) in [4.78, 5) is 9.96. The van der Waals surface area contributed by atoms with Crippen LogP contribution in [0.15, 0.2) is 11.1 Å². The van der Waals surface area contributed by atoms with E-state index in [0.717, 1.165) is 0 Å². The highest BCUT2D eigenvalue weighted by atomic mass is 35.5. The van der Waals surface area contributed by atoms with Gasteiger partial charge in [-0.25, -0.2) is 4.79 Å². The highest BCUT2D eigenvalue weighted by Gasteiger charge is 1.99. The number of carboxylic acids is 1. The predicted molar refractivity (Wildman–Crippen MR) is 36.9 cm³/mol. The molecule has 0 spiro atoms. The quantitative estimate of drug-likeness (QED) is 0.516. The molecule has 0 atom stereocenters. The lowest BCUT2D eigenvalue weighted by Gasteiger charge is -1.86. The molecular formula is C5H6Cl2O2. The molecule has 0 radical (unpaired) electrons. The van der Waals surface area contributed by atoms with Crippen LogP contribution in [0.3, 0.4) is 0 Å². The van der Waals surface area contributed by atoms with Crippen LogP contribution in [0.5, 0.6) is 0 Å². The lowest BCUT2D eigenvalue weighted by Crippen LogP contribution is -1.93. The third kappa shape index (κ3) is 4.30. The molecule has 0 aromatic rings. The predicted octanol–water partition coefficient (Wildman–Crippen LogP) is 1.82. The van der Waals surface area contributed by atoms with Crippen molar-refractivity contribution in [3.63, 3.8) is 0 Å². The minimum atomic E-state index is -1.11. The van der Waals surface area contributed by atoms with Crippen molar-refractivity contribution in [2.45, 2.75) is 6.42 Å². The van der Waals surface area contributed by atoms with Gasteiger partial charge in [0.15, 0.2) is 0 Å². The fourth-order valence-corrected chi connectivity index (χ4v) is 0.487. The van der Waals surface area contributed by atoms with Gasteiger partial charge in [-0.2, -0.15) is 0 Å². The summed E-state index contributed by atoms with van der Waals surface area (Å²) in [6.07, 6.45) is 1.86. The fourth-order valence-electron chi connectivity index (χ4n) is 0.269. The average molecular weight is 169 g/mol. The first-order valence-corrected chi connectivity index (χ1v) is 3.24. The number of hydrogen-bond acceptors (Lipinski definition) is 1. The molecule has 52 valence electrons. The van der Waals surface area contributed by atoms with Gasteiger partial charge in [-0.05, 0) is 6.42 Å². The van der Waals surface area contributed by atoms with Crippen LogP contribution in [0.1, 0.15) is 6.42 Å². The topological polar surface area (TPSA) is 37.3 Å². The van der Waals surface area contributed by atoms with E-state index in [1.54, 1.807) is 0 Å². The smallest absolute Gasteiger partial charge is 0.346 e. The Morgan fingerprint density at radius 2 is 2.22 bits per heavy atom. The maximum atomic E-state index is 9.96. The number of aliphatic carboxylic acids is 1. The van der Waals surface area contributed by atoms with E-state index < -0.39 is 5.97 Å². The van der Waals surface area contributed by atoms with Gasteiger partial charge in [-0.3, -0.25) is 0 Å². The number of hydrogen-bond donors (Lipinski definition) is 1. The molecule has 1 N–H and O–H groups in total. The monoisotopic (exact) mass is 168 g/mol. The summed E-state index contributed by atoms with van der Waals surface area (Å²) in [6.45, 7) is 0. The highest BCUT2D eigenvalue weighted by molar-refractivity contribution is 6.40. The van der Waals surface area contributed by atoms with Gasteiger partial charge in [0.2, 0.25) is 0 Å². The van der Waals surface area contributed by atoms with Crippen molar-refractivity contribution in [3.8, 4) is 0 Å². The van der Waals surface area contributed by atoms with Crippen molar-refractivity contribution in [1.82, 2.24) is 0 Å². The lowest BCUT2D eigenvalue weighted by molar-refractivity contribution is -0.131. The van der Waals surface area contributed by atoms with Crippen LogP contribution in [0.25, 0.3) is 0 Å². The largest absolute Gasteiger partial charge is 0.477 e. The molecule has 0 aromatic heterocycles. The van der Waals surface area contributed by atoms with E-state index in [0.29, 0.717) is 12.3 Å². The van der Waals surface area contributed by atoms with Crippen molar-refractivity contribution in [3.05, 3.63) is 11.1 Å². The standard InChI is InChI=1S/C5H6Cl2O2/c6-3-1-2-4(7)5(8)9/h2H,1,3H2,(H,8,9). The Morgan fingerprint density at radius 1 is 1.67 bits per heavy atom. The molecular weight excluding hydrogens is 163 g/mol. The number of carboxylic acid groups (broad SMARTS) is 1. The third-order valence-corrected chi connectivity index (χ3v) is 1.17. The summed E-state index contributed by atoms with van der Waals surface area (Å²) in [5.41, 5.74) is 0. The van der Waals surface area contributed by atoms with Crippen LogP contribution in [0.4, 0.5) is 0 Å². The number of carbonyl (C=O) groups is 1.